The Labute approximate surface area is 64.2 Å². The van der Waals surface area contributed by atoms with Gasteiger partial charge in [-0.15, -0.1) is 0 Å². The van der Waals surface area contributed by atoms with Gasteiger partial charge in [0.25, 0.3) is 5.91 Å². The summed E-state index contributed by atoms with van der Waals surface area (Å²) in [6.45, 7) is 6.15. The number of nitrogens with two attached hydrogens (primary N) is 1. The molecule has 0 aliphatic carbocycles. The van der Waals surface area contributed by atoms with Crippen LogP contribution in [0.5, 0.6) is 0 Å². The monoisotopic (exact) mass is 158 g/mol. The quantitative estimate of drug-likeness (QED) is 0.283. The molecule has 4 N–H and O–H groups in total. The van der Waals surface area contributed by atoms with Crippen LogP contribution in [0.15, 0.2) is 25.3 Å². The van der Waals surface area contributed by atoms with E-state index < -0.39 is 11.8 Å². The topological polar surface area (TPSA) is 92.4 Å². The van der Waals surface area contributed by atoms with Crippen molar-refractivity contribution in [2.75, 3.05) is 0 Å². The van der Waals surface area contributed by atoms with E-state index in [-0.39, 0.29) is 0 Å². The maximum absolute atomic E-state index is 9.70. The van der Waals surface area contributed by atoms with Gasteiger partial charge in [0.15, 0.2) is 0 Å². The van der Waals surface area contributed by atoms with Crippen LogP contribution in [0, 0.1) is 0 Å². The molecule has 5 heteroatoms. The Morgan fingerprint density at radius 1 is 1.36 bits per heavy atom. The average molecular weight is 158 g/mol. The molecule has 0 saturated carbocycles. The van der Waals surface area contributed by atoms with Crippen LogP contribution in [0.4, 0.5) is 0 Å². The van der Waals surface area contributed by atoms with E-state index in [4.69, 9.17) is 5.21 Å². The van der Waals surface area contributed by atoms with E-state index in [1.54, 1.807) is 0 Å². The Hall–Kier alpha value is -1.62. The van der Waals surface area contributed by atoms with E-state index in [1.807, 2.05) is 0 Å². The molecule has 5 nitrogen and oxygen atoms in total. The fourth-order valence-electron chi connectivity index (χ4n) is 0.0456. The van der Waals surface area contributed by atoms with Crippen molar-refractivity contribution in [1.82, 2.24) is 5.48 Å². The van der Waals surface area contributed by atoms with Crippen LogP contribution in [0.2, 0.25) is 0 Å². The van der Waals surface area contributed by atoms with Crippen molar-refractivity contribution in [3.8, 4) is 0 Å². The van der Waals surface area contributed by atoms with E-state index in [1.165, 1.54) is 5.48 Å². The number of carbonyl (C=O) groups is 2. The minimum absolute atomic E-state index is 0.481. The third-order valence-electron chi connectivity index (χ3n) is 0.497. The fourth-order valence-corrected chi connectivity index (χ4v) is 0.0456. The summed E-state index contributed by atoms with van der Waals surface area (Å²) in [7, 11) is 0. The summed E-state index contributed by atoms with van der Waals surface area (Å²) >= 11 is 0. The second-order valence-corrected chi connectivity index (χ2v) is 1.29. The molecule has 0 aromatic rings. The molecule has 0 unspecified atom stereocenters. The largest absolute Gasteiger partial charge is 0.366 e. The highest BCUT2D eigenvalue weighted by Gasteiger charge is 1.80. The number of primary amides is 1. The number of hydrogen-bond acceptors (Lipinski definition) is 3. The van der Waals surface area contributed by atoms with Crippen LogP contribution in [-0.4, -0.2) is 17.0 Å². The first-order valence-corrected chi connectivity index (χ1v) is 2.56. The highest BCUT2D eigenvalue weighted by atomic mass is 16.5. The first-order valence-electron chi connectivity index (χ1n) is 2.56. The van der Waals surface area contributed by atoms with E-state index in [2.05, 4.69) is 18.9 Å². The van der Waals surface area contributed by atoms with Crippen molar-refractivity contribution in [3.05, 3.63) is 25.3 Å². The van der Waals surface area contributed by atoms with Crippen LogP contribution in [0.25, 0.3) is 0 Å². The maximum Gasteiger partial charge on any atom is 0.266 e. The molecule has 11 heavy (non-hydrogen) atoms. The Morgan fingerprint density at radius 2 is 1.73 bits per heavy atom. The smallest absolute Gasteiger partial charge is 0.266 e. The Balaban J connectivity index is 0. The maximum atomic E-state index is 9.70. The zero-order chi connectivity index (χ0) is 9.28. The molecule has 2 amide bonds. The zero-order valence-corrected chi connectivity index (χ0v) is 5.91. The molecule has 0 radical (unpaired) electrons. The lowest BCUT2D eigenvalue weighted by molar-refractivity contribution is -0.124. The molecule has 0 aromatic carbocycles. The number of hydrogen-bond donors (Lipinski definition) is 3. The molecule has 0 saturated heterocycles. The molecule has 0 rings (SSSR count). The lowest BCUT2D eigenvalue weighted by atomic mass is 10.6. The van der Waals surface area contributed by atoms with Crippen molar-refractivity contribution in [3.63, 3.8) is 0 Å². The predicted molar refractivity (Wildman–Crippen MR) is 39.5 cm³/mol. The normalized spacial score (nSPS) is 6.64. The second-order valence-electron chi connectivity index (χ2n) is 1.29. The van der Waals surface area contributed by atoms with Gasteiger partial charge in [0.1, 0.15) is 0 Å². The molecule has 0 aromatic heterocycles. The van der Waals surface area contributed by atoms with E-state index in [9.17, 15) is 9.59 Å². The van der Waals surface area contributed by atoms with Gasteiger partial charge in [-0.25, -0.2) is 5.48 Å². The standard InChI is InChI=1S/C3H5NO2.C3H5NO/c1-2-3(5)4-6;1-2-3(4)5/h2,6H,1H2,(H,4,5);2H,1H2,(H2,4,5). The summed E-state index contributed by atoms with van der Waals surface area (Å²) in [4.78, 5) is 19.2. The van der Waals surface area contributed by atoms with Crippen LogP contribution < -0.4 is 11.2 Å². The van der Waals surface area contributed by atoms with Gasteiger partial charge in [-0.1, -0.05) is 13.2 Å². The molecule has 0 spiro atoms. The van der Waals surface area contributed by atoms with Crippen LogP contribution in [0.1, 0.15) is 0 Å². The van der Waals surface area contributed by atoms with E-state index >= 15 is 0 Å². The van der Waals surface area contributed by atoms with Crippen LogP contribution >= 0.6 is 0 Å². The van der Waals surface area contributed by atoms with Gasteiger partial charge in [0.2, 0.25) is 5.91 Å². The first-order chi connectivity index (χ1) is 5.08. The van der Waals surface area contributed by atoms with Gasteiger partial charge >= 0.3 is 0 Å². The predicted octanol–water partition coefficient (Wildman–Crippen LogP) is -0.665. The molecule has 62 valence electrons. The molecule has 0 heterocycles. The number of rotatable bonds is 2. The van der Waals surface area contributed by atoms with E-state index in [0.29, 0.717) is 0 Å². The summed E-state index contributed by atoms with van der Waals surface area (Å²) in [5.41, 5.74) is 5.89. The second kappa shape index (κ2) is 8.38. The minimum atomic E-state index is -0.588. The first kappa shape index (κ1) is 12.1. The molecular weight excluding hydrogens is 148 g/mol. The molecule has 0 fully saturated rings. The lowest BCUT2D eigenvalue weighted by Crippen LogP contribution is -2.14. The molecule has 0 aliphatic rings. The van der Waals surface area contributed by atoms with Gasteiger partial charge in [-0.3, -0.25) is 14.8 Å². The number of hydroxylamine groups is 1. The van der Waals surface area contributed by atoms with Gasteiger partial charge in [-0.2, -0.15) is 0 Å². The van der Waals surface area contributed by atoms with Crippen LogP contribution in [-0.2, 0) is 9.59 Å². The Kier molecular flexibility index (Phi) is 9.21. The van der Waals surface area contributed by atoms with Crippen molar-refractivity contribution in [1.29, 1.82) is 0 Å². The molecule has 0 aliphatic heterocycles. The third kappa shape index (κ3) is 17.8. The number of amides is 2. The summed E-state index contributed by atoms with van der Waals surface area (Å²) in [6, 6.07) is 0. The number of carbonyl (C=O) groups excluding carboxylic acids is 2. The van der Waals surface area contributed by atoms with Gasteiger partial charge in [0, 0.05) is 0 Å². The zero-order valence-electron chi connectivity index (χ0n) is 5.91. The SMILES string of the molecule is C=CC(=O)NO.C=CC(N)=O. The number of nitrogens with one attached hydrogen (secondary N) is 1. The summed E-state index contributed by atoms with van der Waals surface area (Å²) in [5, 5.41) is 7.66. The van der Waals surface area contributed by atoms with Crippen LogP contribution in [0.3, 0.4) is 0 Å². The van der Waals surface area contributed by atoms with Crippen molar-refractivity contribution in [2.24, 2.45) is 5.73 Å². The Bertz CT molecular complexity index is 165. The average Bonchev–Trinajstić information content (AvgIpc) is 2.04. The lowest BCUT2D eigenvalue weighted by Gasteiger charge is -1.81. The fraction of sp³-hybridized carbons (Fsp3) is 0. The molecular formula is C6H10N2O3. The molecule has 0 bridgehead atoms. The minimum Gasteiger partial charge on any atom is -0.366 e. The highest BCUT2D eigenvalue weighted by molar-refractivity contribution is 5.85. The highest BCUT2D eigenvalue weighted by Crippen LogP contribution is 1.56. The third-order valence-corrected chi connectivity index (χ3v) is 0.497. The summed E-state index contributed by atoms with van der Waals surface area (Å²) in [6.07, 6.45) is 2.03. The van der Waals surface area contributed by atoms with Gasteiger partial charge < -0.3 is 5.73 Å². The Morgan fingerprint density at radius 3 is 1.73 bits per heavy atom. The van der Waals surface area contributed by atoms with Gasteiger partial charge in [-0.05, 0) is 12.2 Å². The summed E-state index contributed by atoms with van der Waals surface area (Å²) < 4.78 is 0. The summed E-state index contributed by atoms with van der Waals surface area (Å²) in [5.74, 6) is -1.07. The molecule has 0 atom stereocenters. The van der Waals surface area contributed by atoms with Gasteiger partial charge in [0.05, 0.1) is 0 Å². The van der Waals surface area contributed by atoms with E-state index in [0.717, 1.165) is 12.2 Å². The van der Waals surface area contributed by atoms with Crippen molar-refractivity contribution >= 4 is 11.8 Å². The van der Waals surface area contributed by atoms with Crippen molar-refractivity contribution < 1.29 is 14.8 Å². The van der Waals surface area contributed by atoms with Crippen molar-refractivity contribution in [2.45, 2.75) is 0 Å².